The highest BCUT2D eigenvalue weighted by Crippen LogP contribution is 2.24. The van der Waals surface area contributed by atoms with E-state index in [1.165, 1.54) is 35.8 Å². The van der Waals surface area contributed by atoms with E-state index in [1.54, 1.807) is 6.92 Å². The molecule has 0 fully saturated rings. The number of aliphatic hydroxyl groups excluding tert-OH is 1. The number of rotatable bonds is 19. The summed E-state index contributed by atoms with van der Waals surface area (Å²) in [5.74, 6) is -2.19. The van der Waals surface area contributed by atoms with E-state index in [2.05, 4.69) is 45.3 Å². The van der Waals surface area contributed by atoms with Crippen molar-refractivity contribution in [2.75, 3.05) is 38.1 Å². The third-order valence-corrected chi connectivity index (χ3v) is 9.96. The van der Waals surface area contributed by atoms with Crippen molar-refractivity contribution in [1.29, 1.82) is 0 Å². The summed E-state index contributed by atoms with van der Waals surface area (Å²) in [5, 5.41) is 16.8. The molecule has 0 aromatic carbocycles. The van der Waals surface area contributed by atoms with Gasteiger partial charge in [-0.25, -0.2) is 14.3 Å². The zero-order chi connectivity index (χ0) is 30.2. The Bertz CT molecular complexity index is 1040. The molecular formula is C21H30N4O8S7. The largest absolute Gasteiger partial charge is 0.467 e. The number of esters is 2. The van der Waals surface area contributed by atoms with Crippen molar-refractivity contribution in [2.24, 2.45) is 0 Å². The number of carbonyl (C=O) groups excluding carboxylic acids is 5. The first kappa shape index (κ1) is 37.0. The third kappa shape index (κ3) is 12.1. The van der Waals surface area contributed by atoms with Crippen molar-refractivity contribution in [1.82, 2.24) is 20.1 Å². The molecule has 2 amide bonds. The first-order chi connectivity index (χ1) is 19.0. The van der Waals surface area contributed by atoms with Gasteiger partial charge in [0.25, 0.3) is 11.8 Å². The monoisotopic (exact) mass is 690 g/mol. The molecule has 224 valence electrons. The lowest BCUT2D eigenvalue weighted by molar-refractivity contribution is -0.143. The molecule has 4 atom stereocenters. The highest BCUT2D eigenvalue weighted by atomic mass is 33.1. The van der Waals surface area contributed by atoms with E-state index in [-0.39, 0.29) is 34.3 Å². The Balaban J connectivity index is 2.88. The van der Waals surface area contributed by atoms with Crippen LogP contribution in [0.3, 0.4) is 0 Å². The second kappa shape index (κ2) is 20.0. The van der Waals surface area contributed by atoms with Gasteiger partial charge in [-0.15, -0.1) is 24.0 Å². The number of nitrogens with one attached hydrogen (secondary N) is 4. The maximum atomic E-state index is 13.0. The summed E-state index contributed by atoms with van der Waals surface area (Å²) in [4.78, 5) is 62.1. The van der Waals surface area contributed by atoms with Gasteiger partial charge in [-0.1, -0.05) is 35.0 Å². The van der Waals surface area contributed by atoms with E-state index >= 15 is 0 Å². The Hall–Kier alpha value is -1.03. The average molecular weight is 691 g/mol. The van der Waals surface area contributed by atoms with Crippen LogP contribution in [0.1, 0.15) is 25.6 Å². The normalized spacial score (nSPS) is 13.8. The van der Waals surface area contributed by atoms with Gasteiger partial charge in [0.05, 0.1) is 43.4 Å². The quantitative estimate of drug-likeness (QED) is 0.0272. The summed E-state index contributed by atoms with van der Waals surface area (Å²) >= 11 is 14.6. The minimum atomic E-state index is -1.06. The molecule has 0 saturated carbocycles. The summed E-state index contributed by atoms with van der Waals surface area (Å²) in [6, 6.07) is -3.12. The SMILES string of the molecule is COC(=O)C(CSN[C@@H](CS)C(=O)S)NC(=O)c1csc(C(=O)NC(CSSN[C@@H](C=S)CO)C(=O)OC)c1C. The first-order valence-corrected chi connectivity index (χ1v) is 16.9. The molecule has 1 rings (SSSR count). The van der Waals surface area contributed by atoms with Crippen LogP contribution in [0.5, 0.6) is 0 Å². The summed E-state index contributed by atoms with van der Waals surface area (Å²) in [7, 11) is 4.74. The lowest BCUT2D eigenvalue weighted by Gasteiger charge is -2.18. The zero-order valence-corrected chi connectivity index (χ0v) is 27.4. The Morgan fingerprint density at radius 2 is 1.65 bits per heavy atom. The smallest absolute Gasteiger partial charge is 0.329 e. The van der Waals surface area contributed by atoms with Gasteiger partial charge in [-0.05, 0) is 28.8 Å². The molecule has 0 aliphatic heterocycles. The number of thiocarbonyl (C=S) groups is 1. The molecule has 12 nitrogen and oxygen atoms in total. The zero-order valence-electron chi connectivity index (χ0n) is 21.5. The second-order valence-electron chi connectivity index (χ2n) is 7.62. The number of thiol groups is 2. The Morgan fingerprint density at radius 3 is 2.17 bits per heavy atom. The van der Waals surface area contributed by atoms with E-state index < -0.39 is 53.0 Å². The van der Waals surface area contributed by atoms with Crippen LogP contribution >= 0.6 is 82.5 Å². The topological polar surface area (TPSA) is 172 Å². The maximum absolute atomic E-state index is 13.0. The van der Waals surface area contributed by atoms with Gasteiger partial charge in [0.2, 0.25) is 5.12 Å². The highest BCUT2D eigenvalue weighted by Gasteiger charge is 2.28. The van der Waals surface area contributed by atoms with E-state index in [1.807, 2.05) is 0 Å². The fourth-order valence-corrected chi connectivity index (χ4v) is 7.45. The Morgan fingerprint density at radius 1 is 1.05 bits per heavy atom. The molecule has 1 aromatic heterocycles. The number of ether oxygens (including phenoxy) is 2. The minimum absolute atomic E-state index is 0.0369. The molecule has 5 N–H and O–H groups in total. The lowest BCUT2D eigenvalue weighted by Crippen LogP contribution is -2.44. The number of amides is 2. The van der Waals surface area contributed by atoms with Crippen LogP contribution in [0.25, 0.3) is 0 Å². The van der Waals surface area contributed by atoms with Crippen LogP contribution in [0.15, 0.2) is 5.38 Å². The number of hydrogen-bond acceptors (Lipinski definition) is 16. The fourth-order valence-electron chi connectivity index (χ4n) is 2.65. The number of thiophene rings is 1. The number of aliphatic hydroxyl groups is 1. The molecule has 1 heterocycles. The minimum Gasteiger partial charge on any atom is -0.467 e. The van der Waals surface area contributed by atoms with Crippen LogP contribution in [0.2, 0.25) is 0 Å². The summed E-state index contributed by atoms with van der Waals surface area (Å²) in [5.41, 5.74) is 0.518. The second-order valence-corrected chi connectivity index (χ2v) is 12.6. The Labute approximate surface area is 264 Å². The van der Waals surface area contributed by atoms with Crippen molar-refractivity contribution < 1.29 is 38.6 Å². The van der Waals surface area contributed by atoms with Crippen LogP contribution in [-0.4, -0.2) is 102 Å². The summed E-state index contributed by atoms with van der Waals surface area (Å²) < 4.78 is 15.3. The number of methoxy groups -OCH3 is 2. The van der Waals surface area contributed by atoms with Crippen molar-refractivity contribution in [3.05, 3.63) is 21.4 Å². The fraction of sp³-hybridized carbons (Fsp3) is 0.524. The molecule has 0 aliphatic rings. The van der Waals surface area contributed by atoms with E-state index in [0.717, 1.165) is 34.3 Å². The van der Waals surface area contributed by atoms with Crippen LogP contribution < -0.4 is 20.1 Å². The van der Waals surface area contributed by atoms with E-state index in [4.69, 9.17) is 26.8 Å². The van der Waals surface area contributed by atoms with Gasteiger partial charge in [0.15, 0.2) is 0 Å². The molecular weight excluding hydrogens is 661 g/mol. The van der Waals surface area contributed by atoms with Gasteiger partial charge >= 0.3 is 11.9 Å². The standard InChI is InChI=1S/C21H30N4O8S7/c1-10-12(17(27)22-14(19(29)32-2)8-38-25-13(6-35)21(31)36)7-37-16(10)18(28)23-15(20(30)33-3)9-39-40-24-11(4-26)5-34/h5,7,11,13-15,24-26,35H,4,6,8-9H2,1-3H3,(H,22,27)(H,23,28)(H,31,36)/t11-,13+,14?,15?/m1/s1. The molecule has 0 aliphatic carbocycles. The van der Waals surface area contributed by atoms with Crippen LogP contribution in [0, 0.1) is 6.92 Å². The molecule has 0 bridgehead atoms. The van der Waals surface area contributed by atoms with Crippen molar-refractivity contribution in [2.45, 2.75) is 31.1 Å². The predicted molar refractivity (Wildman–Crippen MR) is 171 cm³/mol. The maximum Gasteiger partial charge on any atom is 0.329 e. The third-order valence-electron chi connectivity index (χ3n) is 4.88. The number of carbonyl (C=O) groups is 5. The van der Waals surface area contributed by atoms with Crippen molar-refractivity contribution >= 4 is 117 Å². The molecule has 2 unspecified atom stereocenters. The highest BCUT2D eigenvalue weighted by molar-refractivity contribution is 8.76. The van der Waals surface area contributed by atoms with Gasteiger partial charge in [0, 0.05) is 22.6 Å². The summed E-state index contributed by atoms with van der Waals surface area (Å²) in [6.45, 7) is 1.38. The van der Waals surface area contributed by atoms with Gasteiger partial charge in [0.1, 0.15) is 12.1 Å². The van der Waals surface area contributed by atoms with Crippen molar-refractivity contribution in [3.8, 4) is 0 Å². The van der Waals surface area contributed by atoms with Crippen LogP contribution in [0.4, 0.5) is 0 Å². The van der Waals surface area contributed by atoms with Crippen molar-refractivity contribution in [3.63, 3.8) is 0 Å². The predicted octanol–water partition coefficient (Wildman–Crippen LogP) is 0.839. The van der Waals surface area contributed by atoms with Gasteiger partial charge in [-0.3, -0.25) is 19.1 Å². The van der Waals surface area contributed by atoms with Crippen LogP contribution in [-0.2, 0) is 23.9 Å². The summed E-state index contributed by atoms with van der Waals surface area (Å²) in [6.07, 6.45) is 0. The molecule has 0 radical (unpaired) electrons. The first-order valence-electron chi connectivity index (χ1n) is 11.2. The van der Waals surface area contributed by atoms with E-state index in [0.29, 0.717) is 5.56 Å². The molecule has 40 heavy (non-hydrogen) atoms. The lowest BCUT2D eigenvalue weighted by atomic mass is 10.1. The number of hydrogen-bond donors (Lipinski definition) is 7. The molecule has 19 heteroatoms. The van der Waals surface area contributed by atoms with Gasteiger partial charge in [-0.2, -0.15) is 12.6 Å². The molecule has 0 saturated heterocycles. The van der Waals surface area contributed by atoms with E-state index in [9.17, 15) is 24.0 Å². The molecule has 1 aromatic rings. The average Bonchev–Trinajstić information content (AvgIpc) is 3.34. The Kier molecular flexibility index (Phi) is 18.5. The molecule has 0 spiro atoms. The van der Waals surface area contributed by atoms with Gasteiger partial charge < -0.3 is 25.2 Å².